The average molecular weight is 242 g/mol. The summed E-state index contributed by atoms with van der Waals surface area (Å²) < 4.78 is 0. The number of likely N-dealkylation sites (tertiary alicyclic amines) is 1. The predicted octanol–water partition coefficient (Wildman–Crippen LogP) is 0.696. The largest absolute Gasteiger partial charge is 0.480 e. The molecule has 17 heavy (non-hydrogen) atoms. The molecule has 1 fully saturated rings. The first-order valence-electron chi connectivity index (χ1n) is 6.19. The lowest BCUT2D eigenvalue weighted by Gasteiger charge is -2.35. The van der Waals surface area contributed by atoms with Crippen molar-refractivity contribution in [2.45, 2.75) is 45.7 Å². The molecule has 0 spiro atoms. The standard InChI is InChI=1S/C12H22N2O3/c1-8(2)11(15)13-10-5-4-6-14(7-10)9(3)12(16)17/h8-10H,4-7H2,1-3H3,(H,13,15)(H,16,17)/t9-,10-/m0/s1. The summed E-state index contributed by atoms with van der Waals surface area (Å²) in [6.07, 6.45) is 1.86. The van der Waals surface area contributed by atoms with Gasteiger partial charge in [-0.25, -0.2) is 0 Å². The van der Waals surface area contributed by atoms with E-state index in [-0.39, 0.29) is 17.9 Å². The van der Waals surface area contributed by atoms with E-state index in [0.717, 1.165) is 19.4 Å². The van der Waals surface area contributed by atoms with Crippen LogP contribution in [-0.2, 0) is 9.59 Å². The highest BCUT2D eigenvalue weighted by atomic mass is 16.4. The number of hydrogen-bond acceptors (Lipinski definition) is 3. The van der Waals surface area contributed by atoms with Gasteiger partial charge in [0.2, 0.25) is 5.91 Å². The Kier molecular flexibility index (Phi) is 4.93. The first-order chi connectivity index (χ1) is 7.91. The van der Waals surface area contributed by atoms with Gasteiger partial charge in [-0.15, -0.1) is 0 Å². The zero-order valence-electron chi connectivity index (χ0n) is 10.8. The lowest BCUT2D eigenvalue weighted by Crippen LogP contribution is -2.52. The fraction of sp³-hybridized carbons (Fsp3) is 0.833. The molecule has 1 heterocycles. The Morgan fingerprint density at radius 2 is 2.00 bits per heavy atom. The third kappa shape index (κ3) is 4.00. The fourth-order valence-electron chi connectivity index (χ4n) is 2.00. The van der Waals surface area contributed by atoms with Crippen molar-refractivity contribution in [3.8, 4) is 0 Å². The summed E-state index contributed by atoms with van der Waals surface area (Å²) >= 11 is 0. The van der Waals surface area contributed by atoms with E-state index in [4.69, 9.17) is 5.11 Å². The molecule has 1 aliphatic rings. The number of carboxylic acid groups (broad SMARTS) is 1. The normalized spacial score (nSPS) is 23.4. The van der Waals surface area contributed by atoms with Gasteiger partial charge in [-0.1, -0.05) is 13.8 Å². The van der Waals surface area contributed by atoms with Gasteiger partial charge in [0, 0.05) is 18.5 Å². The number of amides is 1. The van der Waals surface area contributed by atoms with Crippen molar-refractivity contribution in [1.29, 1.82) is 0 Å². The first-order valence-corrected chi connectivity index (χ1v) is 6.19. The zero-order valence-corrected chi connectivity index (χ0v) is 10.8. The van der Waals surface area contributed by atoms with E-state index >= 15 is 0 Å². The lowest BCUT2D eigenvalue weighted by atomic mass is 10.0. The smallest absolute Gasteiger partial charge is 0.320 e. The van der Waals surface area contributed by atoms with E-state index in [9.17, 15) is 9.59 Å². The lowest BCUT2D eigenvalue weighted by molar-refractivity contribution is -0.143. The summed E-state index contributed by atoms with van der Waals surface area (Å²) in [6, 6.07) is -0.394. The second-order valence-corrected chi connectivity index (χ2v) is 5.01. The summed E-state index contributed by atoms with van der Waals surface area (Å²) in [5.41, 5.74) is 0. The van der Waals surface area contributed by atoms with Crippen LogP contribution in [0.25, 0.3) is 0 Å². The number of aliphatic carboxylic acids is 1. The SMILES string of the molecule is CC(C)C(=O)N[C@H]1CCCN([C@@H](C)C(=O)O)C1. The van der Waals surface area contributed by atoms with Crippen molar-refractivity contribution >= 4 is 11.9 Å². The van der Waals surface area contributed by atoms with Gasteiger partial charge in [0.25, 0.3) is 0 Å². The molecule has 5 nitrogen and oxygen atoms in total. The van der Waals surface area contributed by atoms with Crippen molar-refractivity contribution in [3.05, 3.63) is 0 Å². The maximum absolute atomic E-state index is 11.6. The minimum Gasteiger partial charge on any atom is -0.480 e. The molecular formula is C12H22N2O3. The van der Waals surface area contributed by atoms with E-state index in [1.165, 1.54) is 0 Å². The number of carbonyl (C=O) groups is 2. The number of rotatable bonds is 4. The molecule has 0 aromatic heterocycles. The van der Waals surface area contributed by atoms with Gasteiger partial charge < -0.3 is 10.4 Å². The van der Waals surface area contributed by atoms with Gasteiger partial charge in [0.15, 0.2) is 0 Å². The molecule has 0 bridgehead atoms. The van der Waals surface area contributed by atoms with Crippen LogP contribution in [0, 0.1) is 5.92 Å². The number of piperidine rings is 1. The molecule has 0 saturated carbocycles. The molecule has 0 aromatic rings. The fourth-order valence-corrected chi connectivity index (χ4v) is 2.00. The Morgan fingerprint density at radius 3 is 2.53 bits per heavy atom. The maximum atomic E-state index is 11.6. The van der Waals surface area contributed by atoms with Gasteiger partial charge in [-0.3, -0.25) is 14.5 Å². The van der Waals surface area contributed by atoms with Gasteiger partial charge in [0.05, 0.1) is 0 Å². The Labute approximate surface area is 102 Å². The monoisotopic (exact) mass is 242 g/mol. The van der Waals surface area contributed by atoms with Crippen LogP contribution in [-0.4, -0.2) is 47.1 Å². The summed E-state index contributed by atoms with van der Waals surface area (Å²) in [5, 5.41) is 11.9. The number of carboxylic acids is 1. The van der Waals surface area contributed by atoms with Crippen LogP contribution in [0.5, 0.6) is 0 Å². The second-order valence-electron chi connectivity index (χ2n) is 5.01. The molecule has 1 rings (SSSR count). The van der Waals surface area contributed by atoms with Gasteiger partial charge in [0.1, 0.15) is 6.04 Å². The minimum atomic E-state index is -0.805. The van der Waals surface area contributed by atoms with Crippen LogP contribution in [0.15, 0.2) is 0 Å². The summed E-state index contributed by atoms with van der Waals surface area (Å²) in [5.74, 6) is -0.789. The summed E-state index contributed by atoms with van der Waals surface area (Å²) in [7, 11) is 0. The first kappa shape index (κ1) is 14.0. The van der Waals surface area contributed by atoms with Crippen LogP contribution >= 0.6 is 0 Å². The van der Waals surface area contributed by atoms with Crippen molar-refractivity contribution in [1.82, 2.24) is 10.2 Å². The van der Waals surface area contributed by atoms with E-state index in [0.29, 0.717) is 6.54 Å². The van der Waals surface area contributed by atoms with E-state index in [1.54, 1.807) is 6.92 Å². The van der Waals surface area contributed by atoms with Crippen LogP contribution in [0.2, 0.25) is 0 Å². The van der Waals surface area contributed by atoms with Crippen LogP contribution in [0.1, 0.15) is 33.6 Å². The van der Waals surface area contributed by atoms with Crippen molar-refractivity contribution in [3.63, 3.8) is 0 Å². The minimum absolute atomic E-state index is 0.0257. The third-order valence-electron chi connectivity index (χ3n) is 3.23. The highest BCUT2D eigenvalue weighted by Gasteiger charge is 2.28. The van der Waals surface area contributed by atoms with Crippen LogP contribution in [0.4, 0.5) is 0 Å². The highest BCUT2D eigenvalue weighted by Crippen LogP contribution is 2.13. The molecule has 98 valence electrons. The molecule has 1 amide bonds. The van der Waals surface area contributed by atoms with E-state index in [1.807, 2.05) is 18.7 Å². The molecule has 0 unspecified atom stereocenters. The molecule has 2 atom stereocenters. The molecule has 5 heteroatoms. The average Bonchev–Trinajstić information content (AvgIpc) is 2.28. The van der Waals surface area contributed by atoms with E-state index in [2.05, 4.69) is 5.32 Å². The van der Waals surface area contributed by atoms with Crippen molar-refractivity contribution < 1.29 is 14.7 Å². The Bertz CT molecular complexity index is 291. The highest BCUT2D eigenvalue weighted by molar-refractivity contribution is 5.78. The van der Waals surface area contributed by atoms with Gasteiger partial charge >= 0.3 is 5.97 Å². The number of nitrogens with one attached hydrogen (secondary N) is 1. The quantitative estimate of drug-likeness (QED) is 0.761. The summed E-state index contributed by atoms with van der Waals surface area (Å²) in [4.78, 5) is 24.4. The second kappa shape index (κ2) is 6.00. The Balaban J connectivity index is 2.49. The van der Waals surface area contributed by atoms with Crippen LogP contribution < -0.4 is 5.32 Å². The molecule has 0 aromatic carbocycles. The molecule has 2 N–H and O–H groups in total. The van der Waals surface area contributed by atoms with E-state index < -0.39 is 12.0 Å². The topological polar surface area (TPSA) is 69.6 Å². The number of carbonyl (C=O) groups excluding carboxylic acids is 1. The van der Waals surface area contributed by atoms with Gasteiger partial charge in [-0.05, 0) is 26.3 Å². The predicted molar refractivity (Wildman–Crippen MR) is 64.7 cm³/mol. The number of hydrogen-bond donors (Lipinski definition) is 2. The molecular weight excluding hydrogens is 220 g/mol. The molecule has 1 saturated heterocycles. The third-order valence-corrected chi connectivity index (χ3v) is 3.23. The number of nitrogens with zero attached hydrogens (tertiary/aromatic N) is 1. The van der Waals surface area contributed by atoms with Crippen LogP contribution in [0.3, 0.4) is 0 Å². The molecule has 0 radical (unpaired) electrons. The van der Waals surface area contributed by atoms with Crippen molar-refractivity contribution in [2.75, 3.05) is 13.1 Å². The summed E-state index contributed by atoms with van der Waals surface area (Å²) in [6.45, 7) is 6.83. The maximum Gasteiger partial charge on any atom is 0.320 e. The Hall–Kier alpha value is -1.10. The van der Waals surface area contributed by atoms with Crippen molar-refractivity contribution in [2.24, 2.45) is 5.92 Å². The Morgan fingerprint density at radius 1 is 1.35 bits per heavy atom. The zero-order chi connectivity index (χ0) is 13.0. The molecule has 0 aliphatic carbocycles. The molecule has 1 aliphatic heterocycles. The van der Waals surface area contributed by atoms with Gasteiger partial charge in [-0.2, -0.15) is 0 Å².